The van der Waals surface area contributed by atoms with E-state index in [1.807, 2.05) is 31.4 Å². The van der Waals surface area contributed by atoms with Gasteiger partial charge in [-0.1, -0.05) is 6.07 Å². The maximum Gasteiger partial charge on any atom is 0.313 e. The lowest BCUT2D eigenvalue weighted by Gasteiger charge is -2.14. The molecule has 1 fully saturated rings. The third-order valence-corrected chi connectivity index (χ3v) is 5.23. The van der Waals surface area contributed by atoms with E-state index < -0.39 is 11.8 Å². The molecule has 1 aromatic heterocycles. The Balaban J connectivity index is 1.56. The molecule has 0 saturated heterocycles. The molecule has 2 aromatic rings. The van der Waals surface area contributed by atoms with E-state index in [0.29, 0.717) is 12.2 Å². The molecule has 1 saturated carbocycles. The van der Waals surface area contributed by atoms with E-state index in [1.54, 1.807) is 17.4 Å². The van der Waals surface area contributed by atoms with Crippen molar-refractivity contribution in [3.63, 3.8) is 0 Å². The van der Waals surface area contributed by atoms with Gasteiger partial charge in [-0.05, 0) is 72.3 Å². The van der Waals surface area contributed by atoms with Crippen LogP contribution in [0.3, 0.4) is 0 Å². The lowest BCUT2D eigenvalue weighted by Crippen LogP contribution is -2.39. The van der Waals surface area contributed by atoms with Crippen LogP contribution in [-0.4, -0.2) is 18.4 Å². The number of benzene rings is 1. The number of thiophene rings is 1. The smallest absolute Gasteiger partial charge is 0.313 e. The van der Waals surface area contributed by atoms with Crippen molar-refractivity contribution in [2.24, 2.45) is 0 Å². The summed E-state index contributed by atoms with van der Waals surface area (Å²) in [7, 11) is 0. The van der Waals surface area contributed by atoms with Gasteiger partial charge in [0.2, 0.25) is 0 Å². The van der Waals surface area contributed by atoms with Gasteiger partial charge < -0.3 is 10.6 Å². The minimum absolute atomic E-state index is 0.0381. The van der Waals surface area contributed by atoms with Crippen molar-refractivity contribution in [2.75, 3.05) is 11.9 Å². The molecule has 0 aliphatic heterocycles. The molecule has 2 amide bonds. The lowest BCUT2D eigenvalue weighted by atomic mass is 9.99. The van der Waals surface area contributed by atoms with Gasteiger partial charge in [-0.25, -0.2) is 0 Å². The zero-order chi connectivity index (χ0) is 16.4. The van der Waals surface area contributed by atoms with Gasteiger partial charge in [0.15, 0.2) is 0 Å². The maximum atomic E-state index is 12.0. The number of anilines is 1. The predicted molar refractivity (Wildman–Crippen MR) is 92.8 cm³/mol. The molecule has 1 heterocycles. The van der Waals surface area contributed by atoms with Gasteiger partial charge in [0.1, 0.15) is 0 Å². The van der Waals surface area contributed by atoms with Crippen LogP contribution in [0.25, 0.3) is 0 Å². The summed E-state index contributed by atoms with van der Waals surface area (Å²) >= 11 is 1.66. The largest absolute Gasteiger partial charge is 0.347 e. The average Bonchev–Trinajstić information content (AvgIpc) is 3.11. The Hall–Kier alpha value is -2.14. The van der Waals surface area contributed by atoms with Crippen molar-refractivity contribution in [1.29, 1.82) is 0 Å². The Labute approximate surface area is 139 Å². The van der Waals surface area contributed by atoms with Crippen LogP contribution in [0.1, 0.15) is 29.5 Å². The molecular formula is C18H20N2O2S. The van der Waals surface area contributed by atoms with Crippen LogP contribution < -0.4 is 10.6 Å². The summed E-state index contributed by atoms with van der Waals surface area (Å²) < 4.78 is 0. The molecule has 0 bridgehead atoms. The monoisotopic (exact) mass is 328 g/mol. The Morgan fingerprint density at radius 2 is 1.91 bits per heavy atom. The number of rotatable bonds is 4. The summed E-state index contributed by atoms with van der Waals surface area (Å²) in [6.45, 7) is 4.50. The summed E-state index contributed by atoms with van der Waals surface area (Å²) in [5.41, 5.74) is 4.18. The first-order chi connectivity index (χ1) is 11.0. The summed E-state index contributed by atoms with van der Waals surface area (Å²) in [6, 6.07) is 7.70. The third kappa shape index (κ3) is 3.45. The maximum absolute atomic E-state index is 12.0. The van der Waals surface area contributed by atoms with E-state index in [-0.39, 0.29) is 5.41 Å². The number of aryl methyl sites for hydroxylation is 2. The summed E-state index contributed by atoms with van der Waals surface area (Å²) in [5, 5.41) is 9.59. The van der Waals surface area contributed by atoms with Crippen LogP contribution in [0.4, 0.5) is 5.69 Å². The van der Waals surface area contributed by atoms with Crippen molar-refractivity contribution in [1.82, 2.24) is 5.32 Å². The van der Waals surface area contributed by atoms with Crippen LogP contribution in [0.2, 0.25) is 0 Å². The van der Waals surface area contributed by atoms with Gasteiger partial charge in [-0.2, -0.15) is 11.3 Å². The molecule has 1 aliphatic carbocycles. The van der Waals surface area contributed by atoms with E-state index in [1.165, 1.54) is 5.56 Å². The summed E-state index contributed by atoms with van der Waals surface area (Å²) in [6.07, 6.45) is 2.12. The highest BCUT2D eigenvalue weighted by Crippen LogP contribution is 2.48. The third-order valence-electron chi connectivity index (χ3n) is 4.55. The number of carbonyl (C=O) groups is 2. The fraction of sp³-hybridized carbons (Fsp3) is 0.333. The molecule has 0 atom stereocenters. The van der Waals surface area contributed by atoms with Gasteiger partial charge in [-0.15, -0.1) is 0 Å². The van der Waals surface area contributed by atoms with Gasteiger partial charge >= 0.3 is 11.8 Å². The van der Waals surface area contributed by atoms with Gasteiger partial charge in [-0.3, -0.25) is 9.59 Å². The number of hydrogen-bond acceptors (Lipinski definition) is 3. The highest BCUT2D eigenvalue weighted by molar-refractivity contribution is 7.08. The predicted octanol–water partition coefficient (Wildman–Crippen LogP) is 3.15. The Kier molecular flexibility index (Phi) is 4.22. The zero-order valence-electron chi connectivity index (χ0n) is 13.3. The van der Waals surface area contributed by atoms with Crippen molar-refractivity contribution in [3.8, 4) is 0 Å². The highest BCUT2D eigenvalue weighted by Gasteiger charge is 2.44. The number of hydrogen-bond donors (Lipinski definition) is 2. The normalized spacial score (nSPS) is 15.0. The van der Waals surface area contributed by atoms with Gasteiger partial charge in [0.25, 0.3) is 0 Å². The van der Waals surface area contributed by atoms with Crippen molar-refractivity contribution < 1.29 is 9.59 Å². The molecule has 0 radical (unpaired) electrons. The van der Waals surface area contributed by atoms with Crippen LogP contribution >= 0.6 is 11.3 Å². The molecule has 2 N–H and O–H groups in total. The molecule has 23 heavy (non-hydrogen) atoms. The van der Waals surface area contributed by atoms with Gasteiger partial charge in [0, 0.05) is 17.6 Å². The number of carbonyl (C=O) groups excluding carboxylic acids is 2. The Morgan fingerprint density at radius 3 is 2.52 bits per heavy atom. The second-order valence-electron chi connectivity index (χ2n) is 6.23. The number of amides is 2. The molecular weight excluding hydrogens is 308 g/mol. The second-order valence-corrected chi connectivity index (χ2v) is 7.01. The van der Waals surface area contributed by atoms with Crippen molar-refractivity contribution in [2.45, 2.75) is 32.1 Å². The molecule has 5 heteroatoms. The molecule has 120 valence electrons. The van der Waals surface area contributed by atoms with E-state index in [2.05, 4.69) is 22.1 Å². The van der Waals surface area contributed by atoms with E-state index in [4.69, 9.17) is 0 Å². The Bertz CT molecular complexity index is 733. The standard InChI is InChI=1S/C18H20N2O2S/c1-12-3-4-15(9-13(12)2)20-17(22)16(21)19-11-18(6-7-18)14-5-8-23-10-14/h3-5,8-10H,6-7,11H2,1-2H3,(H,19,21)(H,20,22). The van der Waals surface area contributed by atoms with E-state index >= 15 is 0 Å². The Morgan fingerprint density at radius 1 is 1.13 bits per heavy atom. The van der Waals surface area contributed by atoms with Gasteiger partial charge in [0.05, 0.1) is 0 Å². The average molecular weight is 328 g/mol. The molecule has 3 rings (SSSR count). The molecule has 0 unspecified atom stereocenters. The summed E-state index contributed by atoms with van der Waals surface area (Å²) in [5.74, 6) is -1.20. The summed E-state index contributed by atoms with van der Waals surface area (Å²) in [4.78, 5) is 24.0. The minimum atomic E-state index is -0.616. The van der Waals surface area contributed by atoms with Crippen molar-refractivity contribution >= 4 is 28.8 Å². The first kappa shape index (κ1) is 15.7. The second kappa shape index (κ2) is 6.16. The number of nitrogens with one attached hydrogen (secondary N) is 2. The molecule has 1 aromatic carbocycles. The molecule has 0 spiro atoms. The zero-order valence-corrected chi connectivity index (χ0v) is 14.1. The molecule has 1 aliphatic rings. The van der Waals surface area contributed by atoms with Crippen LogP contribution in [0.15, 0.2) is 35.0 Å². The minimum Gasteiger partial charge on any atom is -0.347 e. The quantitative estimate of drug-likeness (QED) is 0.847. The fourth-order valence-corrected chi connectivity index (χ4v) is 3.40. The van der Waals surface area contributed by atoms with Crippen LogP contribution in [-0.2, 0) is 15.0 Å². The van der Waals surface area contributed by atoms with Crippen LogP contribution in [0.5, 0.6) is 0 Å². The lowest BCUT2D eigenvalue weighted by molar-refractivity contribution is -0.136. The molecule has 4 nitrogen and oxygen atoms in total. The van der Waals surface area contributed by atoms with Crippen LogP contribution in [0, 0.1) is 13.8 Å². The van der Waals surface area contributed by atoms with Crippen molar-refractivity contribution in [3.05, 3.63) is 51.7 Å². The SMILES string of the molecule is Cc1ccc(NC(=O)C(=O)NCC2(c3ccsc3)CC2)cc1C. The topological polar surface area (TPSA) is 58.2 Å². The van der Waals surface area contributed by atoms with E-state index in [0.717, 1.165) is 24.0 Å². The highest BCUT2D eigenvalue weighted by atomic mass is 32.1. The first-order valence-corrected chi connectivity index (χ1v) is 8.64. The van der Waals surface area contributed by atoms with E-state index in [9.17, 15) is 9.59 Å². The first-order valence-electron chi connectivity index (χ1n) is 7.69. The fourth-order valence-electron chi connectivity index (χ4n) is 2.62.